The molecule has 4 rings (SSSR count). The smallest absolute Gasteiger partial charge is 0.173 e. The molecule has 0 bridgehead atoms. The van der Waals surface area contributed by atoms with E-state index in [9.17, 15) is 8.78 Å². The molecule has 0 unspecified atom stereocenters. The molecule has 2 aliphatic heterocycles. The monoisotopic (exact) mass is 474 g/mol. The van der Waals surface area contributed by atoms with E-state index in [1.807, 2.05) is 0 Å². The molecule has 1 N–H and O–H groups in total. The number of halogens is 2. The van der Waals surface area contributed by atoms with Gasteiger partial charge in [-0.05, 0) is 61.3 Å². The highest BCUT2D eigenvalue weighted by Crippen LogP contribution is 2.28. The molecule has 2 aliphatic rings. The molecule has 1 saturated heterocycles. The number of benzene rings is 2. The third-order valence-electron chi connectivity index (χ3n) is 6.30. The molecule has 2 heterocycles. The maximum atomic E-state index is 13.7. The van der Waals surface area contributed by atoms with Crippen LogP contribution in [0.3, 0.4) is 0 Å². The van der Waals surface area contributed by atoms with Gasteiger partial charge in [-0.2, -0.15) is 0 Å². The summed E-state index contributed by atoms with van der Waals surface area (Å²) in [6, 6.07) is 10.0. The van der Waals surface area contributed by atoms with Gasteiger partial charge in [0.2, 0.25) is 0 Å². The van der Waals surface area contributed by atoms with Crippen LogP contribution in [0.25, 0.3) is 0 Å². The molecular formula is C25H32F2N4OS. The van der Waals surface area contributed by atoms with Crippen LogP contribution in [0.2, 0.25) is 0 Å². The number of hydrogen-bond donors (Lipinski definition) is 1. The van der Waals surface area contributed by atoms with Gasteiger partial charge >= 0.3 is 0 Å². The average molecular weight is 475 g/mol. The Bertz CT molecular complexity index is 947. The average Bonchev–Trinajstić information content (AvgIpc) is 2.81. The van der Waals surface area contributed by atoms with Crippen molar-refractivity contribution in [2.75, 3.05) is 62.7 Å². The van der Waals surface area contributed by atoms with E-state index in [2.05, 4.69) is 45.1 Å². The molecule has 0 saturated carbocycles. The lowest BCUT2D eigenvalue weighted by Gasteiger charge is -2.33. The minimum absolute atomic E-state index is 0.318. The number of hydrogen-bond acceptors (Lipinski definition) is 4. The minimum Gasteiger partial charge on any atom is -0.379 e. The second-order valence-corrected chi connectivity index (χ2v) is 9.00. The molecule has 178 valence electrons. The van der Waals surface area contributed by atoms with Crippen LogP contribution in [0.4, 0.5) is 20.2 Å². The lowest BCUT2D eigenvalue weighted by atomic mass is 9.99. The van der Waals surface area contributed by atoms with Gasteiger partial charge < -0.3 is 19.9 Å². The summed E-state index contributed by atoms with van der Waals surface area (Å²) in [5.41, 5.74) is 4.20. The second-order valence-electron chi connectivity index (χ2n) is 8.61. The van der Waals surface area contributed by atoms with E-state index in [1.54, 1.807) is 0 Å². The first-order chi connectivity index (χ1) is 16.0. The summed E-state index contributed by atoms with van der Waals surface area (Å²) < 4.78 is 32.8. The van der Waals surface area contributed by atoms with Crippen LogP contribution in [0.5, 0.6) is 0 Å². The molecule has 0 radical (unpaired) electrons. The summed E-state index contributed by atoms with van der Waals surface area (Å²) in [5.74, 6) is -1.26. The number of nitrogens with zero attached hydrogens (tertiary/aromatic N) is 3. The summed E-state index contributed by atoms with van der Waals surface area (Å²) in [5, 5.41) is 3.50. The molecule has 2 aromatic rings. The van der Waals surface area contributed by atoms with Crippen LogP contribution in [0.15, 0.2) is 36.4 Å². The fraction of sp³-hybridized carbons (Fsp3) is 0.480. The van der Waals surface area contributed by atoms with Crippen LogP contribution >= 0.6 is 12.2 Å². The molecule has 8 heteroatoms. The second kappa shape index (κ2) is 11.2. The van der Waals surface area contributed by atoms with Gasteiger partial charge in [0.1, 0.15) is 11.6 Å². The topological polar surface area (TPSA) is 31.0 Å². The van der Waals surface area contributed by atoms with Gasteiger partial charge in [-0.1, -0.05) is 12.1 Å². The van der Waals surface area contributed by atoms with Crippen LogP contribution in [-0.4, -0.2) is 67.4 Å². The Morgan fingerprint density at radius 3 is 2.58 bits per heavy atom. The highest BCUT2D eigenvalue weighted by Gasteiger charge is 2.19. The van der Waals surface area contributed by atoms with Crippen LogP contribution in [0.1, 0.15) is 24.5 Å². The molecule has 0 amide bonds. The van der Waals surface area contributed by atoms with Gasteiger partial charge in [0.15, 0.2) is 5.11 Å². The van der Waals surface area contributed by atoms with Gasteiger partial charge in [0, 0.05) is 63.3 Å². The van der Waals surface area contributed by atoms with Gasteiger partial charge in [-0.3, -0.25) is 4.90 Å². The largest absolute Gasteiger partial charge is 0.379 e. The van der Waals surface area contributed by atoms with Crippen LogP contribution < -0.4 is 10.2 Å². The Kier molecular flexibility index (Phi) is 8.11. The summed E-state index contributed by atoms with van der Waals surface area (Å²) in [6.07, 6.45) is 2.24. The molecule has 0 atom stereocenters. The Labute approximate surface area is 200 Å². The SMILES string of the molecule is CCN1CCCc2cc(CN(CCN3CCOCC3)C(=S)Nc3cc(F)cc(F)c3)ccc21. The van der Waals surface area contributed by atoms with E-state index >= 15 is 0 Å². The van der Waals surface area contributed by atoms with Crippen LogP contribution in [-0.2, 0) is 17.7 Å². The van der Waals surface area contributed by atoms with Crippen molar-refractivity contribution in [1.82, 2.24) is 9.80 Å². The minimum atomic E-state index is -0.629. The Morgan fingerprint density at radius 1 is 1.09 bits per heavy atom. The Morgan fingerprint density at radius 2 is 1.85 bits per heavy atom. The number of nitrogens with one attached hydrogen (secondary N) is 1. The molecule has 5 nitrogen and oxygen atoms in total. The summed E-state index contributed by atoms with van der Waals surface area (Å²) in [4.78, 5) is 6.85. The standard InChI is InChI=1S/C25H32F2N4OS/c1-2-30-7-3-4-20-14-19(5-6-24(20)30)18-31(9-8-29-10-12-32-13-11-29)25(33)28-23-16-21(26)15-22(27)17-23/h5-6,14-17H,2-4,7-13,18H2,1H3,(H,28,33). The highest BCUT2D eigenvalue weighted by atomic mass is 32.1. The third kappa shape index (κ3) is 6.40. The quantitative estimate of drug-likeness (QED) is 0.604. The molecular weight excluding hydrogens is 442 g/mol. The molecule has 0 aromatic heterocycles. The predicted molar refractivity (Wildman–Crippen MR) is 133 cm³/mol. The molecule has 33 heavy (non-hydrogen) atoms. The van der Waals surface area contributed by atoms with Crippen molar-refractivity contribution in [3.05, 3.63) is 59.2 Å². The first-order valence-corrected chi connectivity index (χ1v) is 12.1. The van der Waals surface area contributed by atoms with Crippen molar-refractivity contribution in [1.29, 1.82) is 0 Å². The summed E-state index contributed by atoms with van der Waals surface area (Å²) in [7, 11) is 0. The Hall–Kier alpha value is -2.29. The van der Waals surface area contributed by atoms with E-state index in [0.717, 1.165) is 64.8 Å². The number of anilines is 2. The number of rotatable bonds is 7. The summed E-state index contributed by atoms with van der Waals surface area (Å²) in [6.45, 7) is 9.77. The van der Waals surface area contributed by atoms with Gasteiger partial charge in [-0.15, -0.1) is 0 Å². The molecule has 1 fully saturated rings. The van der Waals surface area contributed by atoms with E-state index in [0.29, 0.717) is 23.9 Å². The van der Waals surface area contributed by atoms with Crippen LogP contribution in [0, 0.1) is 11.6 Å². The zero-order valence-electron chi connectivity index (χ0n) is 19.2. The number of morpholine rings is 1. The van der Waals surface area contributed by atoms with E-state index < -0.39 is 11.6 Å². The van der Waals surface area contributed by atoms with Crippen molar-refractivity contribution in [2.24, 2.45) is 0 Å². The number of aryl methyl sites for hydroxylation is 1. The van der Waals surface area contributed by atoms with Gasteiger partial charge in [0.05, 0.1) is 13.2 Å². The fourth-order valence-corrected chi connectivity index (χ4v) is 4.82. The lowest BCUT2D eigenvalue weighted by Crippen LogP contribution is -2.44. The number of thiocarbonyl (C=S) groups is 1. The maximum Gasteiger partial charge on any atom is 0.173 e. The summed E-state index contributed by atoms with van der Waals surface area (Å²) >= 11 is 5.69. The third-order valence-corrected chi connectivity index (χ3v) is 6.67. The maximum absolute atomic E-state index is 13.7. The molecule has 0 aliphatic carbocycles. The number of ether oxygens (including phenoxy) is 1. The van der Waals surface area contributed by atoms with Gasteiger partial charge in [-0.25, -0.2) is 8.78 Å². The molecule has 0 spiro atoms. The van der Waals surface area contributed by atoms with Crippen molar-refractivity contribution in [2.45, 2.75) is 26.3 Å². The van der Waals surface area contributed by atoms with Crippen molar-refractivity contribution < 1.29 is 13.5 Å². The van der Waals surface area contributed by atoms with E-state index in [1.165, 1.54) is 28.9 Å². The zero-order valence-corrected chi connectivity index (χ0v) is 20.0. The zero-order chi connectivity index (χ0) is 23.2. The fourth-order valence-electron chi connectivity index (χ4n) is 4.54. The van der Waals surface area contributed by atoms with E-state index in [-0.39, 0.29) is 0 Å². The lowest BCUT2D eigenvalue weighted by molar-refractivity contribution is 0.0358. The van der Waals surface area contributed by atoms with Gasteiger partial charge in [0.25, 0.3) is 0 Å². The van der Waals surface area contributed by atoms with E-state index in [4.69, 9.17) is 17.0 Å². The van der Waals surface area contributed by atoms with Crippen molar-refractivity contribution in [3.63, 3.8) is 0 Å². The Balaban J connectivity index is 1.49. The normalized spacial score (nSPS) is 16.4. The first kappa shape index (κ1) is 23.9. The first-order valence-electron chi connectivity index (χ1n) is 11.7. The predicted octanol–water partition coefficient (Wildman–Crippen LogP) is 4.27. The molecule has 2 aromatic carbocycles. The highest BCUT2D eigenvalue weighted by molar-refractivity contribution is 7.80. The van der Waals surface area contributed by atoms with Crippen molar-refractivity contribution >= 4 is 28.7 Å². The number of fused-ring (bicyclic) bond motifs is 1. The van der Waals surface area contributed by atoms with Crippen molar-refractivity contribution in [3.8, 4) is 0 Å².